The van der Waals surface area contributed by atoms with Crippen molar-refractivity contribution < 1.29 is 0 Å². The predicted octanol–water partition coefficient (Wildman–Crippen LogP) is 3.53. The van der Waals surface area contributed by atoms with E-state index in [1.54, 1.807) is 0 Å². The number of nitrogens with two attached hydrogens (primary N) is 1. The van der Waals surface area contributed by atoms with Crippen molar-refractivity contribution in [1.29, 1.82) is 0 Å². The highest BCUT2D eigenvalue weighted by Gasteiger charge is 2.15. The van der Waals surface area contributed by atoms with Crippen LogP contribution in [0.2, 0.25) is 0 Å². The molecule has 0 rings (SSSR count). The highest BCUT2D eigenvalue weighted by molar-refractivity contribution is 4.73. The van der Waals surface area contributed by atoms with E-state index in [0.29, 0.717) is 6.04 Å². The van der Waals surface area contributed by atoms with Gasteiger partial charge in [-0.15, -0.1) is 0 Å². The average molecular weight is 184 g/mol. The van der Waals surface area contributed by atoms with Gasteiger partial charge in [-0.25, -0.2) is 0 Å². The lowest BCUT2D eigenvalue weighted by molar-refractivity contribution is 0.344. The normalized spacial score (nSPS) is 15.7. The van der Waals surface area contributed by atoms with Crippen LogP contribution in [-0.2, 0) is 0 Å². The second kappa shape index (κ2) is 8.55. The maximum Gasteiger partial charge on any atom is 0.00670 e. The molecule has 2 N–H and O–H groups in total. The van der Waals surface area contributed by atoms with Crippen molar-refractivity contribution in [2.45, 2.75) is 64.8 Å². The van der Waals surface area contributed by atoms with Gasteiger partial charge in [0, 0.05) is 6.04 Å². The molecule has 13 heavy (non-hydrogen) atoms. The van der Waals surface area contributed by atoms with Gasteiger partial charge in [0.05, 0.1) is 0 Å². The van der Waals surface area contributed by atoms with E-state index >= 15 is 0 Å². The topological polar surface area (TPSA) is 26.0 Å². The zero-order valence-corrected chi connectivity index (χ0v) is 9.39. The molecule has 0 aromatic rings. The highest BCUT2D eigenvalue weighted by Crippen LogP contribution is 2.20. The third-order valence-electron chi connectivity index (χ3n) is 2.73. The van der Waals surface area contributed by atoms with E-state index in [2.05, 4.69) is 20.8 Å². The van der Waals surface area contributed by atoms with Gasteiger partial charge in [0.1, 0.15) is 0 Å². The second-order valence-corrected chi connectivity index (χ2v) is 4.00. The van der Waals surface area contributed by atoms with E-state index in [4.69, 9.17) is 5.73 Å². The molecule has 0 amide bonds. The third kappa shape index (κ3) is 6.09. The molecule has 0 heterocycles. The van der Waals surface area contributed by atoms with Crippen molar-refractivity contribution in [2.24, 2.45) is 11.7 Å². The maximum absolute atomic E-state index is 6.13. The summed E-state index contributed by atoms with van der Waals surface area (Å²) >= 11 is 0. The van der Waals surface area contributed by atoms with Crippen molar-refractivity contribution in [2.75, 3.05) is 0 Å². The van der Waals surface area contributed by atoms with E-state index in [9.17, 15) is 0 Å². The largest absolute Gasteiger partial charge is 0.327 e. The van der Waals surface area contributed by atoms with Crippen LogP contribution in [0.4, 0.5) is 0 Å². The summed E-state index contributed by atoms with van der Waals surface area (Å²) in [7, 11) is 0. The summed E-state index contributed by atoms with van der Waals surface area (Å²) in [5.41, 5.74) is 6.13. The Kier molecular flexibility index (Phi) is 8.53. The Morgan fingerprint density at radius 3 is 2.23 bits per heavy atom. The van der Waals surface area contributed by atoms with E-state index in [1.807, 2.05) is 0 Å². The van der Waals surface area contributed by atoms with Gasteiger partial charge in [0.15, 0.2) is 0 Å². The number of rotatable bonds is 8. The molecule has 0 aliphatic heterocycles. The lowest BCUT2D eigenvalue weighted by Crippen LogP contribution is -2.29. The van der Waals surface area contributed by atoms with Gasteiger partial charge >= 0.3 is 0 Å². The summed E-state index contributed by atoms with van der Waals surface area (Å²) in [5.74, 6) is 0.720. The minimum absolute atomic E-state index is 0.415. The zero-order valence-electron chi connectivity index (χ0n) is 9.39. The predicted molar refractivity (Wildman–Crippen MR) is 60.5 cm³/mol. The van der Waals surface area contributed by atoms with Crippen molar-refractivity contribution in [3.8, 4) is 0 Å². The molecule has 2 unspecified atom stereocenters. The second-order valence-electron chi connectivity index (χ2n) is 4.00. The molecular formula is C12H26N. The van der Waals surface area contributed by atoms with Crippen LogP contribution in [0.3, 0.4) is 0 Å². The Labute approximate surface area is 84.1 Å². The Morgan fingerprint density at radius 1 is 1.08 bits per heavy atom. The third-order valence-corrected chi connectivity index (χ3v) is 2.73. The monoisotopic (exact) mass is 184 g/mol. The van der Waals surface area contributed by atoms with Gasteiger partial charge < -0.3 is 5.73 Å². The number of unbranched alkanes of at least 4 members (excludes halogenated alkanes) is 1. The number of hydrogen-bond acceptors (Lipinski definition) is 1. The lowest BCUT2D eigenvalue weighted by Gasteiger charge is -2.22. The smallest absolute Gasteiger partial charge is 0.00670 e. The summed E-state index contributed by atoms with van der Waals surface area (Å²) in [6.07, 6.45) is 8.53. The molecule has 0 fully saturated rings. The first kappa shape index (κ1) is 13.0. The van der Waals surface area contributed by atoms with Crippen molar-refractivity contribution in [3.63, 3.8) is 0 Å². The van der Waals surface area contributed by atoms with E-state index in [0.717, 1.165) is 12.3 Å². The van der Waals surface area contributed by atoms with Crippen molar-refractivity contribution in [1.82, 2.24) is 0 Å². The lowest BCUT2D eigenvalue weighted by atomic mass is 9.88. The van der Waals surface area contributed by atoms with Crippen LogP contribution in [-0.4, -0.2) is 6.04 Å². The average Bonchev–Trinajstić information content (AvgIpc) is 2.12. The SMILES string of the molecule is [CH2]CCC(CCCC)C(N)CCC. The Bertz CT molecular complexity index is 101. The van der Waals surface area contributed by atoms with E-state index < -0.39 is 0 Å². The van der Waals surface area contributed by atoms with Crippen LogP contribution < -0.4 is 5.73 Å². The summed E-state index contributed by atoms with van der Waals surface area (Å²) in [4.78, 5) is 0. The summed E-state index contributed by atoms with van der Waals surface area (Å²) in [5, 5.41) is 0. The summed E-state index contributed by atoms with van der Waals surface area (Å²) in [6, 6.07) is 0.415. The molecular weight excluding hydrogens is 158 g/mol. The first-order valence-corrected chi connectivity index (χ1v) is 5.81. The zero-order chi connectivity index (χ0) is 10.1. The number of hydrogen-bond donors (Lipinski definition) is 1. The maximum atomic E-state index is 6.13. The highest BCUT2D eigenvalue weighted by atomic mass is 14.6. The van der Waals surface area contributed by atoms with E-state index in [1.165, 1.54) is 38.5 Å². The van der Waals surface area contributed by atoms with Gasteiger partial charge in [-0.1, -0.05) is 46.5 Å². The van der Waals surface area contributed by atoms with Gasteiger partial charge in [0.2, 0.25) is 0 Å². The van der Waals surface area contributed by atoms with Crippen LogP contribution >= 0.6 is 0 Å². The molecule has 1 heteroatoms. The summed E-state index contributed by atoms with van der Waals surface area (Å²) < 4.78 is 0. The summed E-state index contributed by atoms with van der Waals surface area (Å²) in [6.45, 7) is 8.37. The van der Waals surface area contributed by atoms with Gasteiger partial charge in [-0.2, -0.15) is 0 Å². The molecule has 0 saturated heterocycles. The van der Waals surface area contributed by atoms with Crippen LogP contribution in [0.5, 0.6) is 0 Å². The quantitative estimate of drug-likeness (QED) is 0.613. The fourth-order valence-electron chi connectivity index (χ4n) is 1.87. The Balaban J connectivity index is 3.75. The van der Waals surface area contributed by atoms with Gasteiger partial charge in [-0.3, -0.25) is 0 Å². The molecule has 2 atom stereocenters. The Hall–Kier alpha value is -0.0400. The minimum Gasteiger partial charge on any atom is -0.327 e. The molecule has 1 radical (unpaired) electrons. The molecule has 0 spiro atoms. The molecule has 0 saturated carbocycles. The molecule has 0 bridgehead atoms. The van der Waals surface area contributed by atoms with Crippen LogP contribution in [0.15, 0.2) is 0 Å². The van der Waals surface area contributed by atoms with Crippen molar-refractivity contribution >= 4 is 0 Å². The van der Waals surface area contributed by atoms with E-state index in [-0.39, 0.29) is 0 Å². The van der Waals surface area contributed by atoms with Gasteiger partial charge in [-0.05, 0) is 25.2 Å². The van der Waals surface area contributed by atoms with Crippen molar-refractivity contribution in [3.05, 3.63) is 6.92 Å². The fourth-order valence-corrected chi connectivity index (χ4v) is 1.87. The molecule has 0 aromatic heterocycles. The van der Waals surface area contributed by atoms with Crippen LogP contribution in [0, 0.1) is 12.8 Å². The molecule has 0 aliphatic carbocycles. The first-order valence-electron chi connectivity index (χ1n) is 5.81. The first-order chi connectivity index (χ1) is 6.26. The minimum atomic E-state index is 0.415. The molecule has 1 nitrogen and oxygen atoms in total. The van der Waals surface area contributed by atoms with Gasteiger partial charge in [0.25, 0.3) is 0 Å². The Morgan fingerprint density at radius 2 is 1.77 bits per heavy atom. The fraction of sp³-hybridized carbons (Fsp3) is 0.917. The van der Waals surface area contributed by atoms with Crippen LogP contribution in [0.1, 0.15) is 58.8 Å². The molecule has 0 aliphatic rings. The standard InChI is InChI=1S/C12H26N/c1-4-7-10-11(8-5-2)12(13)9-6-3/h11-12H,2,4-10,13H2,1,3H3. The molecule has 79 valence electrons. The van der Waals surface area contributed by atoms with Crippen LogP contribution in [0.25, 0.3) is 0 Å². The molecule has 0 aromatic carbocycles.